The van der Waals surface area contributed by atoms with Crippen molar-refractivity contribution in [2.75, 3.05) is 39.3 Å². The number of halogens is 6. The molecule has 6 aromatic carbocycles. The number of aromatic nitrogens is 5. The number of para-hydroxylation sites is 2. The molecule has 0 radical (unpaired) electrons. The van der Waals surface area contributed by atoms with E-state index in [-0.39, 0.29) is 110 Å². The summed E-state index contributed by atoms with van der Waals surface area (Å²) in [7, 11) is -3.69. The lowest BCUT2D eigenvalue weighted by atomic mass is 9.93. The average molecular weight is 1480 g/mol. The molecule has 3 aliphatic heterocycles. The zero-order chi connectivity index (χ0) is 70.9. The van der Waals surface area contributed by atoms with Crippen molar-refractivity contribution in [3.8, 4) is 0 Å². The molecule has 5 aliphatic rings. The van der Waals surface area contributed by atoms with E-state index in [1.54, 1.807) is 48.9 Å². The Labute approximate surface area is 610 Å². The minimum absolute atomic E-state index is 0. The third kappa shape index (κ3) is 14.5. The van der Waals surface area contributed by atoms with Crippen LogP contribution in [0, 0.1) is 67.7 Å². The molecule has 4 atom stereocenters. The van der Waals surface area contributed by atoms with Crippen molar-refractivity contribution in [1.29, 1.82) is 0 Å². The molecule has 4 unspecified atom stereocenters. The van der Waals surface area contributed by atoms with E-state index < -0.39 is 33.7 Å². The molecule has 0 spiro atoms. The smallest absolute Gasteiger partial charge is 0.323 e. The van der Waals surface area contributed by atoms with E-state index in [0.717, 1.165) is 115 Å². The maximum absolute atomic E-state index is 14.2. The molecule has 2 aliphatic carbocycles. The molecule has 18 nitrogen and oxygen atoms in total. The molecular formula is C79H78Cl2F4N8O10S. The molecule has 0 bridgehead atoms. The molecule has 16 rings (SSSR count). The van der Waals surface area contributed by atoms with Gasteiger partial charge in [-0.25, -0.2) is 35.9 Å². The molecule has 2 saturated heterocycles. The van der Waals surface area contributed by atoms with Gasteiger partial charge in [0.1, 0.15) is 54.3 Å². The number of carbonyl (C=O) groups is 5. The van der Waals surface area contributed by atoms with E-state index in [0.29, 0.717) is 85.3 Å². The molecule has 8 heterocycles. The molecule has 11 aromatic rings. The van der Waals surface area contributed by atoms with E-state index >= 15 is 0 Å². The van der Waals surface area contributed by atoms with Gasteiger partial charge in [-0.3, -0.25) is 24.0 Å². The Bertz CT molecular complexity index is 5330. The van der Waals surface area contributed by atoms with E-state index in [1.165, 1.54) is 52.8 Å². The predicted molar refractivity (Wildman–Crippen MR) is 395 cm³/mol. The van der Waals surface area contributed by atoms with Crippen LogP contribution >= 0.6 is 24.8 Å². The highest BCUT2D eigenvalue weighted by Gasteiger charge is 2.47. The van der Waals surface area contributed by atoms with Crippen molar-refractivity contribution in [1.82, 2.24) is 37.8 Å². The van der Waals surface area contributed by atoms with Gasteiger partial charge in [0.2, 0.25) is 10.0 Å². The fourth-order valence-electron chi connectivity index (χ4n) is 16.8. The second-order valence-electron chi connectivity index (χ2n) is 27.3. The number of hydrogen-bond acceptors (Lipinski definition) is 9. The SMILES string of the molecule is C.Cc1c(C2=CCN(C(=O)c3ccc4ccccc4n3)CC2)c2cc(F)ccc2n1CC(=O)O.Cc1c(C2CC3CN(C(=O)c4ccc5ccccc5n4)CC3C2)c2cc(F)ccc2n1CC(=O)O.Cc1c(C2CC3CN(S(=O)(=O)c4ccc(F)cc4)CC3C2)c2cc(F)ccc2n1CC(=O)O.Cl.Cl. The number of aliphatic carboxylic acids is 3. The summed E-state index contributed by atoms with van der Waals surface area (Å²) < 4.78 is 88.2. The van der Waals surface area contributed by atoms with E-state index in [4.69, 9.17) is 0 Å². The van der Waals surface area contributed by atoms with Gasteiger partial charge in [0.25, 0.3) is 11.8 Å². The minimum atomic E-state index is -3.69. The van der Waals surface area contributed by atoms with Crippen LogP contribution in [0.25, 0.3) is 60.1 Å². The number of hydrogen-bond donors (Lipinski definition) is 3. The van der Waals surface area contributed by atoms with E-state index in [9.17, 15) is 65.3 Å². The van der Waals surface area contributed by atoms with Gasteiger partial charge >= 0.3 is 17.9 Å². The van der Waals surface area contributed by atoms with Crippen LogP contribution in [-0.4, -0.2) is 131 Å². The zero-order valence-electron chi connectivity index (χ0n) is 56.4. The van der Waals surface area contributed by atoms with Gasteiger partial charge in [0.05, 0.1) is 15.9 Å². The fourth-order valence-corrected chi connectivity index (χ4v) is 18.3. The second kappa shape index (κ2) is 30.4. The Morgan fingerprint density at radius 1 is 0.481 bits per heavy atom. The summed E-state index contributed by atoms with van der Waals surface area (Å²) >= 11 is 0. The summed E-state index contributed by atoms with van der Waals surface area (Å²) in [6, 6.07) is 41.2. The number of rotatable bonds is 13. The van der Waals surface area contributed by atoms with Crippen LogP contribution < -0.4 is 0 Å². The molecule has 2 saturated carbocycles. The Balaban J connectivity index is 0.000000154. The Morgan fingerprint density at radius 3 is 1.31 bits per heavy atom. The summed E-state index contributed by atoms with van der Waals surface area (Å²) in [4.78, 5) is 73.4. The second-order valence-corrected chi connectivity index (χ2v) is 29.2. The molecule has 25 heteroatoms. The van der Waals surface area contributed by atoms with E-state index in [1.807, 2.05) is 92.4 Å². The Hall–Kier alpha value is -9.94. The molecule has 5 aromatic heterocycles. The summed E-state index contributed by atoms with van der Waals surface area (Å²) in [5.41, 5.74) is 11.0. The number of fused-ring (bicyclic) bond motifs is 7. The van der Waals surface area contributed by atoms with Crippen molar-refractivity contribution < 1.29 is 65.3 Å². The lowest BCUT2D eigenvalue weighted by Crippen LogP contribution is -2.35. The maximum Gasteiger partial charge on any atom is 0.323 e. The summed E-state index contributed by atoms with van der Waals surface area (Å²) in [6.45, 7) is 8.19. The van der Waals surface area contributed by atoms with Crippen LogP contribution in [0.15, 0.2) is 163 Å². The van der Waals surface area contributed by atoms with Crippen molar-refractivity contribution in [2.24, 2.45) is 23.7 Å². The quantitative estimate of drug-likeness (QED) is 0.0916. The molecule has 104 heavy (non-hydrogen) atoms. The van der Waals surface area contributed by atoms with Gasteiger partial charge in [-0.1, -0.05) is 62.0 Å². The highest BCUT2D eigenvalue weighted by Crippen LogP contribution is 2.52. The number of pyridine rings is 2. The predicted octanol–water partition coefficient (Wildman–Crippen LogP) is 15.2. The monoisotopic (exact) mass is 1480 g/mol. The van der Waals surface area contributed by atoms with Gasteiger partial charge in [0.15, 0.2) is 0 Å². The third-order valence-electron chi connectivity index (χ3n) is 21.3. The first-order chi connectivity index (χ1) is 48.4. The molecule has 542 valence electrons. The Morgan fingerprint density at radius 2 is 0.875 bits per heavy atom. The van der Waals surface area contributed by atoms with Gasteiger partial charge in [0, 0.05) is 105 Å². The number of carboxylic acids is 3. The van der Waals surface area contributed by atoms with Crippen molar-refractivity contribution >= 4 is 125 Å². The normalized spacial score (nSPS) is 19.1. The van der Waals surface area contributed by atoms with Gasteiger partial charge in [-0.2, -0.15) is 4.31 Å². The first-order valence-corrected chi connectivity index (χ1v) is 35.2. The van der Waals surface area contributed by atoms with Gasteiger partial charge in [-0.15, -0.1) is 24.8 Å². The van der Waals surface area contributed by atoms with Crippen LogP contribution in [0.5, 0.6) is 0 Å². The number of carbonyl (C=O) groups excluding carboxylic acids is 2. The first-order valence-electron chi connectivity index (χ1n) is 33.7. The van der Waals surface area contributed by atoms with Crippen molar-refractivity contribution in [3.63, 3.8) is 0 Å². The third-order valence-corrected chi connectivity index (χ3v) is 23.2. The molecule has 3 N–H and O–H groups in total. The van der Waals surface area contributed by atoms with Gasteiger partial charge in [-0.05, 0) is 208 Å². The summed E-state index contributed by atoms with van der Waals surface area (Å²) in [5, 5.41) is 32.3. The van der Waals surface area contributed by atoms with Crippen LogP contribution in [0.3, 0.4) is 0 Å². The van der Waals surface area contributed by atoms with Crippen LogP contribution in [0.4, 0.5) is 17.6 Å². The highest BCUT2D eigenvalue weighted by molar-refractivity contribution is 7.89. The summed E-state index contributed by atoms with van der Waals surface area (Å²) in [5.74, 6) is -3.14. The molecule has 2 amide bonds. The average Bonchev–Trinajstić information content (AvgIpc) is 1.60. The summed E-state index contributed by atoms with van der Waals surface area (Å²) in [6.07, 6.45) is 5.88. The van der Waals surface area contributed by atoms with Crippen molar-refractivity contribution in [3.05, 3.63) is 226 Å². The number of carboxylic acid groups (broad SMARTS) is 3. The number of sulfonamides is 1. The molecular weight excluding hydrogens is 1400 g/mol. The van der Waals surface area contributed by atoms with Crippen LogP contribution in [0.1, 0.15) is 106 Å². The lowest BCUT2D eigenvalue weighted by molar-refractivity contribution is -0.138. The van der Waals surface area contributed by atoms with Gasteiger partial charge < -0.3 is 38.8 Å². The highest BCUT2D eigenvalue weighted by atomic mass is 35.5. The van der Waals surface area contributed by atoms with E-state index in [2.05, 4.69) is 9.97 Å². The standard InChI is InChI=1S/C28H26FN3O3.C26H22FN3O3.C24H24F2N2O4S.CH4.2ClH/c1-16-27(22-12-21(29)7-9-25(22)32(16)15-26(33)34)18-10-19-13-31(14-20(19)11-18)28(35)24-8-6-17-4-2-3-5-23(17)30-24;1-16-25(20-14-19(27)7-9-23(20)30(16)15-24(31)32)18-10-12-29(13-11-18)26(33)22-8-6-17-4-2-3-5-21(17)28-22;1-14-24(21-10-19(26)4-7-22(21)28(14)13-23(29)30)15-8-16-11-27(12-17(16)9-15)33(31,32)20-5-2-18(25)3-6-20;;;/h2-9,12,18-20H,10-11,13-15H2,1H3,(H,33,34);2-10,14H,11-13,15H2,1H3,(H,31,32);2-7,10,15-17H,8-9,11-13H2,1H3,(H,29,30);1H4;2*1H. The zero-order valence-corrected chi connectivity index (χ0v) is 58.8. The number of benzene rings is 6. The first kappa shape index (κ1) is 75.2. The van der Waals surface area contributed by atoms with Crippen molar-refractivity contribution in [2.45, 2.75) is 96.7 Å². The number of likely N-dealkylation sites (tertiary alicyclic amines) is 1. The fraction of sp³-hybridized carbons (Fsp3) is 0.304. The van der Waals surface area contributed by atoms with Crippen LogP contribution in [-0.2, 0) is 44.0 Å². The van der Waals surface area contributed by atoms with Crippen LogP contribution in [0.2, 0.25) is 0 Å². The maximum atomic E-state index is 14.2. The Kier molecular flexibility index (Phi) is 22.0. The minimum Gasteiger partial charge on any atom is -0.480 e. The largest absolute Gasteiger partial charge is 0.480 e. The topological polar surface area (TPSA) is 230 Å². The lowest BCUT2D eigenvalue weighted by Gasteiger charge is -2.26. The molecule has 4 fully saturated rings. The number of amides is 2. The number of nitrogens with zero attached hydrogens (tertiary/aromatic N) is 8.